The van der Waals surface area contributed by atoms with Crippen LogP contribution in [0.2, 0.25) is 0 Å². The SMILES string of the molecule is Cc1ccc(S(=O)(=O)n2cc(CCN3C(=O)c4ccccc4C3=O)c3cc(OS(=O)(=O)C(F)(F)F)ccc32)cc1.NCCc1c[nH]c2ccc(-c3cccs3)cc12. The number of thiophene rings is 1. The molecule has 0 fully saturated rings. The Morgan fingerprint density at radius 2 is 1.51 bits per heavy atom. The Morgan fingerprint density at radius 1 is 0.807 bits per heavy atom. The molecule has 0 bridgehead atoms. The highest BCUT2D eigenvalue weighted by molar-refractivity contribution is 7.90. The van der Waals surface area contributed by atoms with Crippen LogP contribution in [0, 0.1) is 6.92 Å². The number of alkyl halides is 3. The number of halogens is 3. The van der Waals surface area contributed by atoms with Gasteiger partial charge in [-0.05, 0) is 109 Å². The van der Waals surface area contributed by atoms with E-state index in [1.165, 1.54) is 57.4 Å². The van der Waals surface area contributed by atoms with E-state index in [4.69, 9.17) is 5.73 Å². The van der Waals surface area contributed by atoms with Crippen molar-refractivity contribution < 1.29 is 43.8 Å². The van der Waals surface area contributed by atoms with E-state index in [0.29, 0.717) is 6.54 Å². The number of H-pyrrole nitrogens is 1. The molecule has 0 unspecified atom stereocenters. The average molecular weight is 835 g/mol. The summed E-state index contributed by atoms with van der Waals surface area (Å²) in [4.78, 5) is 31.1. The summed E-state index contributed by atoms with van der Waals surface area (Å²) in [6, 6.07) is 26.0. The van der Waals surface area contributed by atoms with Crippen molar-refractivity contribution in [2.24, 2.45) is 5.73 Å². The first-order valence-corrected chi connectivity index (χ1v) is 21.1. The standard InChI is InChI=1S/C26H19F3N2O7S2.C14H14N2S/c1-16-6-9-19(10-7-16)39(34,35)31-15-17(12-13-30-24(32)20-4-2-3-5-21(20)25(30)33)22-14-18(8-11-23(22)31)38-40(36,37)26(27,28)29;15-6-5-11-9-16-13-4-3-10(8-12(11)13)14-2-1-7-17-14/h2-11,14-15H,12-13H2,1H3;1-4,7-9,16H,5-6,15H2. The molecule has 0 saturated carbocycles. The highest BCUT2D eigenvalue weighted by atomic mass is 32.2. The average Bonchev–Trinajstić information content (AvgIpc) is 3.98. The van der Waals surface area contributed by atoms with Gasteiger partial charge in [0.1, 0.15) is 5.75 Å². The largest absolute Gasteiger partial charge is 0.534 e. The smallest absolute Gasteiger partial charge is 0.376 e. The van der Waals surface area contributed by atoms with Gasteiger partial charge >= 0.3 is 15.6 Å². The van der Waals surface area contributed by atoms with Crippen LogP contribution in [-0.2, 0) is 33.0 Å². The number of nitrogens with zero attached hydrogens (tertiary/aromatic N) is 2. The van der Waals surface area contributed by atoms with Crippen LogP contribution in [0.1, 0.15) is 37.4 Å². The summed E-state index contributed by atoms with van der Waals surface area (Å²) in [6.45, 7) is 2.29. The molecule has 0 atom stereocenters. The maximum Gasteiger partial charge on any atom is 0.534 e. The lowest BCUT2D eigenvalue weighted by Gasteiger charge is -2.13. The zero-order chi connectivity index (χ0) is 40.7. The number of amides is 2. The van der Waals surface area contributed by atoms with E-state index in [2.05, 4.69) is 51.1 Å². The molecule has 8 rings (SSSR count). The van der Waals surface area contributed by atoms with Crippen LogP contribution in [0.3, 0.4) is 0 Å². The molecule has 0 spiro atoms. The van der Waals surface area contributed by atoms with Crippen molar-refractivity contribution in [3.63, 3.8) is 0 Å². The quantitative estimate of drug-likeness (QED) is 0.0807. The number of hydrogen-bond donors (Lipinski definition) is 2. The van der Waals surface area contributed by atoms with Gasteiger partial charge < -0.3 is 14.9 Å². The first-order valence-electron chi connectivity index (χ1n) is 17.4. The van der Waals surface area contributed by atoms with Crippen LogP contribution in [0.25, 0.3) is 32.2 Å². The molecular formula is C40H33F3N4O7S3. The predicted molar refractivity (Wildman–Crippen MR) is 211 cm³/mol. The summed E-state index contributed by atoms with van der Waals surface area (Å²) in [5, 5.41) is 3.46. The summed E-state index contributed by atoms with van der Waals surface area (Å²) in [7, 11) is -10.2. The lowest BCUT2D eigenvalue weighted by Crippen LogP contribution is -2.31. The van der Waals surface area contributed by atoms with Gasteiger partial charge in [0.05, 0.1) is 21.5 Å². The first-order chi connectivity index (χ1) is 27.1. The molecule has 0 saturated heterocycles. The summed E-state index contributed by atoms with van der Waals surface area (Å²) in [5.41, 5.74) is 5.20. The molecule has 1 aliphatic rings. The van der Waals surface area contributed by atoms with Gasteiger partial charge in [-0.25, -0.2) is 12.4 Å². The highest BCUT2D eigenvalue weighted by Crippen LogP contribution is 2.34. The van der Waals surface area contributed by atoms with Crippen molar-refractivity contribution in [3.8, 4) is 16.2 Å². The minimum absolute atomic E-state index is 0.0229. The van der Waals surface area contributed by atoms with E-state index in [9.17, 15) is 39.6 Å². The number of fused-ring (bicyclic) bond motifs is 3. The van der Waals surface area contributed by atoms with Gasteiger partial charge in [0, 0.05) is 40.1 Å². The van der Waals surface area contributed by atoms with Crippen LogP contribution in [0.15, 0.2) is 120 Å². The number of aromatic amines is 1. The summed E-state index contributed by atoms with van der Waals surface area (Å²) < 4.78 is 94.0. The fourth-order valence-electron chi connectivity index (χ4n) is 6.50. The normalized spacial score (nSPS) is 13.2. The number of carbonyl (C=O) groups is 2. The van der Waals surface area contributed by atoms with Crippen LogP contribution >= 0.6 is 11.3 Å². The molecule has 3 aromatic heterocycles. The number of rotatable bonds is 10. The maximum absolute atomic E-state index is 13.5. The highest BCUT2D eigenvalue weighted by Gasteiger charge is 2.48. The monoisotopic (exact) mass is 834 g/mol. The minimum Gasteiger partial charge on any atom is -0.376 e. The molecule has 2 amide bonds. The molecule has 294 valence electrons. The van der Waals surface area contributed by atoms with E-state index in [0.717, 1.165) is 39.1 Å². The molecule has 11 nitrogen and oxygen atoms in total. The van der Waals surface area contributed by atoms with Crippen molar-refractivity contribution >= 4 is 65.1 Å². The van der Waals surface area contributed by atoms with E-state index >= 15 is 0 Å². The fraction of sp³-hybridized carbons (Fsp3) is 0.150. The fourth-order valence-corrected chi connectivity index (χ4v) is 9.07. The Bertz CT molecular complexity index is 2830. The van der Waals surface area contributed by atoms with Crippen LogP contribution < -0.4 is 9.92 Å². The summed E-state index contributed by atoms with van der Waals surface area (Å²) >= 11 is 1.77. The zero-order valence-electron chi connectivity index (χ0n) is 30.0. The molecule has 4 heterocycles. The second-order valence-electron chi connectivity index (χ2n) is 13.1. The van der Waals surface area contributed by atoms with Gasteiger partial charge in [0.2, 0.25) is 0 Å². The Kier molecular flexibility index (Phi) is 10.6. The molecule has 0 aliphatic carbocycles. The van der Waals surface area contributed by atoms with Crippen LogP contribution in [0.5, 0.6) is 5.75 Å². The number of aromatic nitrogens is 2. The molecule has 7 aromatic rings. The van der Waals surface area contributed by atoms with Crippen molar-refractivity contribution in [1.82, 2.24) is 13.9 Å². The van der Waals surface area contributed by atoms with Crippen molar-refractivity contribution in [2.75, 3.05) is 13.1 Å². The third-order valence-corrected chi connectivity index (χ3v) is 12.9. The van der Waals surface area contributed by atoms with Gasteiger partial charge in [-0.15, -0.1) is 11.3 Å². The third-order valence-electron chi connectivity index (χ3n) is 9.36. The van der Waals surface area contributed by atoms with E-state index in [-0.39, 0.29) is 45.5 Å². The molecule has 17 heteroatoms. The number of nitrogens with one attached hydrogen (secondary N) is 1. The number of nitrogens with two attached hydrogens (primary N) is 1. The molecular weight excluding hydrogens is 802 g/mol. The van der Waals surface area contributed by atoms with Crippen molar-refractivity contribution in [2.45, 2.75) is 30.2 Å². The number of carbonyl (C=O) groups excluding carboxylic acids is 2. The van der Waals surface area contributed by atoms with Crippen LogP contribution in [-0.4, -0.2) is 61.1 Å². The van der Waals surface area contributed by atoms with Gasteiger partial charge in [-0.3, -0.25) is 14.5 Å². The number of imide groups is 1. The summed E-state index contributed by atoms with van der Waals surface area (Å²) in [6.07, 6.45) is 4.12. The van der Waals surface area contributed by atoms with Crippen LogP contribution in [0.4, 0.5) is 13.2 Å². The summed E-state index contributed by atoms with van der Waals surface area (Å²) in [5.74, 6) is -1.79. The van der Waals surface area contributed by atoms with Gasteiger partial charge in [0.25, 0.3) is 21.8 Å². The maximum atomic E-state index is 13.5. The topological polar surface area (TPSA) is 162 Å². The number of aryl methyl sites for hydroxylation is 1. The van der Waals surface area contributed by atoms with E-state index in [1.54, 1.807) is 42.5 Å². The molecule has 4 aromatic carbocycles. The molecule has 57 heavy (non-hydrogen) atoms. The number of benzene rings is 4. The van der Waals surface area contributed by atoms with E-state index in [1.807, 2.05) is 0 Å². The Hall–Kier alpha value is -5.75. The van der Waals surface area contributed by atoms with Gasteiger partial charge in [-0.1, -0.05) is 42.0 Å². The lowest BCUT2D eigenvalue weighted by atomic mass is 10.1. The number of hydrogen-bond acceptors (Lipinski definition) is 9. The van der Waals surface area contributed by atoms with Crippen molar-refractivity contribution in [1.29, 1.82) is 0 Å². The Balaban J connectivity index is 0.000000241. The second kappa shape index (κ2) is 15.3. The zero-order valence-corrected chi connectivity index (χ0v) is 32.4. The minimum atomic E-state index is -5.99. The molecule has 0 radical (unpaired) electrons. The lowest BCUT2D eigenvalue weighted by molar-refractivity contribution is -0.0500. The Morgan fingerprint density at radius 3 is 2.14 bits per heavy atom. The molecule has 1 aliphatic heterocycles. The first kappa shape index (κ1) is 39.5. The second-order valence-corrected chi connectivity index (χ2v) is 17.4. The van der Waals surface area contributed by atoms with Gasteiger partial charge in [0.15, 0.2) is 0 Å². The molecule has 3 N–H and O–H groups in total. The predicted octanol–water partition coefficient (Wildman–Crippen LogP) is 7.65. The van der Waals surface area contributed by atoms with Gasteiger partial charge in [-0.2, -0.15) is 21.6 Å². The van der Waals surface area contributed by atoms with E-state index < -0.39 is 43.2 Å². The van der Waals surface area contributed by atoms with Crippen molar-refractivity contribution in [3.05, 3.63) is 143 Å². The third kappa shape index (κ3) is 7.70. The Labute approximate surface area is 329 Å².